The highest BCUT2D eigenvalue weighted by Crippen LogP contribution is 2.18. The molecule has 1 nitrogen and oxygen atoms in total. The Kier molecular flexibility index (Phi) is 3.49. The average Bonchev–Trinajstić information content (AvgIpc) is 2.40. The predicted molar refractivity (Wildman–Crippen MR) is 51.5 cm³/mol. The molecule has 3 heteroatoms. The number of thiocarbonyl (C=S) groups is 1. The summed E-state index contributed by atoms with van der Waals surface area (Å²) < 4.78 is 0.951. The first-order valence-corrected chi connectivity index (χ1v) is 5.30. The van der Waals surface area contributed by atoms with Crippen LogP contribution in [0.1, 0.15) is 25.7 Å². The van der Waals surface area contributed by atoms with Crippen molar-refractivity contribution in [2.45, 2.75) is 31.7 Å². The summed E-state index contributed by atoms with van der Waals surface area (Å²) in [5, 5.41) is 3.32. The van der Waals surface area contributed by atoms with Gasteiger partial charge in [-0.3, -0.25) is 0 Å². The average molecular weight is 175 g/mol. The molecule has 0 spiro atoms. The van der Waals surface area contributed by atoms with Crippen molar-refractivity contribution in [2.75, 3.05) is 6.26 Å². The van der Waals surface area contributed by atoms with Crippen LogP contribution >= 0.6 is 24.0 Å². The normalized spacial score (nSPS) is 19.3. The smallest absolute Gasteiger partial charge is 0.133 e. The molecule has 0 radical (unpaired) electrons. The zero-order chi connectivity index (χ0) is 7.40. The summed E-state index contributed by atoms with van der Waals surface area (Å²) in [6, 6.07) is 0.681. The second kappa shape index (κ2) is 4.19. The van der Waals surface area contributed by atoms with E-state index in [4.69, 9.17) is 12.2 Å². The van der Waals surface area contributed by atoms with Crippen molar-refractivity contribution in [1.82, 2.24) is 5.32 Å². The SMILES string of the molecule is CSC(=S)NC1CCCC1. The van der Waals surface area contributed by atoms with Crippen molar-refractivity contribution in [1.29, 1.82) is 0 Å². The summed E-state index contributed by atoms with van der Waals surface area (Å²) >= 11 is 6.68. The number of nitrogens with one attached hydrogen (secondary N) is 1. The minimum absolute atomic E-state index is 0.681. The Morgan fingerprint density at radius 1 is 1.50 bits per heavy atom. The van der Waals surface area contributed by atoms with Crippen LogP contribution in [0.5, 0.6) is 0 Å². The van der Waals surface area contributed by atoms with E-state index < -0.39 is 0 Å². The molecule has 0 amide bonds. The van der Waals surface area contributed by atoms with E-state index in [1.165, 1.54) is 25.7 Å². The van der Waals surface area contributed by atoms with Gasteiger partial charge in [0, 0.05) is 6.04 Å². The number of hydrogen-bond acceptors (Lipinski definition) is 2. The van der Waals surface area contributed by atoms with Crippen molar-refractivity contribution in [3.63, 3.8) is 0 Å². The minimum atomic E-state index is 0.681. The van der Waals surface area contributed by atoms with Crippen molar-refractivity contribution in [3.8, 4) is 0 Å². The Morgan fingerprint density at radius 3 is 2.60 bits per heavy atom. The molecule has 0 aromatic carbocycles. The third-order valence-corrected chi connectivity index (χ3v) is 2.97. The van der Waals surface area contributed by atoms with E-state index in [1.807, 2.05) is 6.26 Å². The van der Waals surface area contributed by atoms with Crippen LogP contribution in [-0.4, -0.2) is 16.6 Å². The fourth-order valence-electron chi connectivity index (χ4n) is 1.30. The Hall–Kier alpha value is 0.240. The van der Waals surface area contributed by atoms with Gasteiger partial charge >= 0.3 is 0 Å². The molecule has 1 saturated carbocycles. The summed E-state index contributed by atoms with van der Waals surface area (Å²) in [6.07, 6.45) is 7.37. The van der Waals surface area contributed by atoms with Crippen LogP contribution in [-0.2, 0) is 0 Å². The molecular formula is C7H13NS2. The highest BCUT2D eigenvalue weighted by atomic mass is 32.2. The second-order valence-corrected chi connectivity index (χ2v) is 4.10. The summed E-state index contributed by atoms with van der Waals surface area (Å²) in [6.45, 7) is 0. The van der Waals surface area contributed by atoms with E-state index in [2.05, 4.69) is 5.32 Å². The van der Waals surface area contributed by atoms with Crippen LogP contribution in [0.2, 0.25) is 0 Å². The van der Waals surface area contributed by atoms with Crippen molar-refractivity contribution in [3.05, 3.63) is 0 Å². The third-order valence-electron chi connectivity index (χ3n) is 1.86. The molecule has 0 saturated heterocycles. The van der Waals surface area contributed by atoms with Crippen LogP contribution in [0.4, 0.5) is 0 Å². The van der Waals surface area contributed by atoms with E-state index in [-0.39, 0.29) is 0 Å². The largest absolute Gasteiger partial charge is 0.368 e. The van der Waals surface area contributed by atoms with Gasteiger partial charge in [0.25, 0.3) is 0 Å². The Balaban J connectivity index is 2.17. The molecule has 0 aliphatic heterocycles. The summed E-state index contributed by atoms with van der Waals surface area (Å²) in [4.78, 5) is 0. The van der Waals surface area contributed by atoms with E-state index in [1.54, 1.807) is 11.8 Å². The zero-order valence-corrected chi connectivity index (χ0v) is 7.86. The van der Waals surface area contributed by atoms with Crippen LogP contribution in [0.3, 0.4) is 0 Å². The van der Waals surface area contributed by atoms with Crippen LogP contribution < -0.4 is 5.32 Å². The molecule has 0 aromatic rings. The first kappa shape index (κ1) is 8.34. The Morgan fingerprint density at radius 2 is 2.10 bits per heavy atom. The second-order valence-electron chi connectivity index (χ2n) is 2.62. The molecule has 0 unspecified atom stereocenters. The van der Waals surface area contributed by atoms with Gasteiger partial charge < -0.3 is 5.32 Å². The summed E-state index contributed by atoms with van der Waals surface area (Å²) in [5.41, 5.74) is 0. The van der Waals surface area contributed by atoms with Crippen molar-refractivity contribution >= 4 is 28.3 Å². The first-order chi connectivity index (χ1) is 4.83. The van der Waals surface area contributed by atoms with Gasteiger partial charge in [-0.2, -0.15) is 0 Å². The highest BCUT2D eigenvalue weighted by Gasteiger charge is 2.14. The summed E-state index contributed by atoms with van der Waals surface area (Å²) in [5.74, 6) is 0. The third kappa shape index (κ3) is 2.46. The lowest BCUT2D eigenvalue weighted by Gasteiger charge is -2.11. The van der Waals surface area contributed by atoms with Gasteiger partial charge in [-0.15, -0.1) is 11.8 Å². The Bertz CT molecular complexity index is 119. The minimum Gasteiger partial charge on any atom is -0.368 e. The van der Waals surface area contributed by atoms with Gasteiger partial charge in [0.15, 0.2) is 0 Å². The van der Waals surface area contributed by atoms with Crippen molar-refractivity contribution < 1.29 is 0 Å². The quantitative estimate of drug-likeness (QED) is 0.613. The summed E-state index contributed by atoms with van der Waals surface area (Å²) in [7, 11) is 0. The van der Waals surface area contributed by atoms with E-state index in [0.29, 0.717) is 6.04 Å². The highest BCUT2D eigenvalue weighted by molar-refractivity contribution is 8.22. The van der Waals surface area contributed by atoms with Gasteiger partial charge in [0.1, 0.15) is 4.32 Å². The monoisotopic (exact) mass is 175 g/mol. The standard InChI is InChI=1S/C7H13NS2/c1-10-7(9)8-6-4-2-3-5-6/h6H,2-5H2,1H3,(H,8,9). The molecule has 0 atom stereocenters. The molecule has 0 aromatic heterocycles. The predicted octanol–water partition coefficient (Wildman–Crippen LogP) is 2.17. The fraction of sp³-hybridized carbons (Fsp3) is 0.857. The molecule has 0 bridgehead atoms. The molecule has 0 heterocycles. The van der Waals surface area contributed by atoms with Gasteiger partial charge in [0.2, 0.25) is 0 Å². The lowest BCUT2D eigenvalue weighted by molar-refractivity contribution is 0.639. The first-order valence-electron chi connectivity index (χ1n) is 3.67. The van der Waals surface area contributed by atoms with E-state index >= 15 is 0 Å². The lowest BCUT2D eigenvalue weighted by atomic mass is 10.3. The number of rotatable bonds is 1. The maximum atomic E-state index is 5.04. The molecular weight excluding hydrogens is 162 g/mol. The number of thioether (sulfide) groups is 1. The van der Waals surface area contributed by atoms with Gasteiger partial charge in [-0.25, -0.2) is 0 Å². The zero-order valence-electron chi connectivity index (χ0n) is 6.22. The topological polar surface area (TPSA) is 12.0 Å². The van der Waals surface area contributed by atoms with Crippen molar-refractivity contribution in [2.24, 2.45) is 0 Å². The molecule has 58 valence electrons. The molecule has 1 aliphatic carbocycles. The molecule has 1 fully saturated rings. The van der Waals surface area contributed by atoms with E-state index in [0.717, 1.165) is 4.32 Å². The number of hydrogen-bond donors (Lipinski definition) is 1. The van der Waals surface area contributed by atoms with E-state index in [9.17, 15) is 0 Å². The maximum Gasteiger partial charge on any atom is 0.133 e. The van der Waals surface area contributed by atoms with Crippen LogP contribution in [0, 0.1) is 0 Å². The van der Waals surface area contributed by atoms with Crippen LogP contribution in [0.25, 0.3) is 0 Å². The lowest BCUT2D eigenvalue weighted by Crippen LogP contribution is -2.28. The molecule has 10 heavy (non-hydrogen) atoms. The molecule has 1 rings (SSSR count). The van der Waals surface area contributed by atoms with Gasteiger partial charge in [-0.05, 0) is 19.1 Å². The van der Waals surface area contributed by atoms with Gasteiger partial charge in [-0.1, -0.05) is 25.1 Å². The van der Waals surface area contributed by atoms with Gasteiger partial charge in [0.05, 0.1) is 0 Å². The molecule has 1 aliphatic rings. The fourth-order valence-corrected chi connectivity index (χ4v) is 1.75. The maximum absolute atomic E-state index is 5.04. The molecule has 1 N–H and O–H groups in total. The Labute approximate surface area is 72.0 Å². The van der Waals surface area contributed by atoms with Crippen LogP contribution in [0.15, 0.2) is 0 Å².